The Morgan fingerprint density at radius 3 is 2.33 bits per heavy atom. The maximum Gasteiger partial charge on any atom is 0.246 e. The molecule has 1 unspecified atom stereocenters. The first-order valence-corrected chi connectivity index (χ1v) is 8.69. The summed E-state index contributed by atoms with van der Waals surface area (Å²) in [5.41, 5.74) is -0.586. The van der Waals surface area contributed by atoms with Gasteiger partial charge in [-0.1, -0.05) is 45.4 Å². The minimum atomic E-state index is -0.586. The molecule has 0 bridgehead atoms. The topological polar surface area (TPSA) is 49.4 Å². The van der Waals surface area contributed by atoms with Gasteiger partial charge in [-0.3, -0.25) is 9.59 Å². The molecule has 2 amide bonds. The van der Waals surface area contributed by atoms with E-state index in [4.69, 9.17) is 0 Å². The maximum absolute atomic E-state index is 12.3. The Bertz CT molecular complexity index is 379. The zero-order valence-corrected chi connectivity index (χ0v) is 13.6. The van der Waals surface area contributed by atoms with Crippen LogP contribution in [-0.2, 0) is 9.59 Å². The van der Waals surface area contributed by atoms with Crippen molar-refractivity contribution in [3.05, 3.63) is 0 Å². The lowest BCUT2D eigenvalue weighted by molar-refractivity contribution is -0.154. The number of carbonyl (C=O) groups is 2. The predicted octanol–water partition coefficient (Wildman–Crippen LogP) is 2.86. The van der Waals surface area contributed by atoms with E-state index in [1.165, 1.54) is 32.1 Å². The molecular weight excluding hydrogens is 264 g/mol. The van der Waals surface area contributed by atoms with Gasteiger partial charge in [-0.2, -0.15) is 0 Å². The minimum absolute atomic E-state index is 0.0487. The van der Waals surface area contributed by atoms with Crippen LogP contribution in [0.2, 0.25) is 0 Å². The lowest BCUT2D eigenvalue weighted by atomic mass is 9.89. The van der Waals surface area contributed by atoms with E-state index >= 15 is 0 Å². The molecule has 2 aliphatic rings. The van der Waals surface area contributed by atoms with Crippen LogP contribution in [0, 0.1) is 5.92 Å². The van der Waals surface area contributed by atoms with Crippen LogP contribution in [0.3, 0.4) is 0 Å². The predicted molar refractivity (Wildman–Crippen MR) is 83.8 cm³/mol. The lowest BCUT2D eigenvalue weighted by Gasteiger charge is -2.44. The Labute approximate surface area is 128 Å². The van der Waals surface area contributed by atoms with Crippen LogP contribution in [0.25, 0.3) is 0 Å². The summed E-state index contributed by atoms with van der Waals surface area (Å²) in [6.07, 6.45) is 10.8. The van der Waals surface area contributed by atoms with Crippen molar-refractivity contribution in [1.29, 1.82) is 0 Å². The molecule has 1 aliphatic heterocycles. The van der Waals surface area contributed by atoms with E-state index in [1.54, 1.807) is 0 Å². The monoisotopic (exact) mass is 294 g/mol. The number of hydrogen-bond acceptors (Lipinski definition) is 2. The lowest BCUT2D eigenvalue weighted by Crippen LogP contribution is -2.67. The molecule has 2 fully saturated rings. The molecule has 1 heterocycles. The highest BCUT2D eigenvalue weighted by molar-refractivity contribution is 5.98. The van der Waals surface area contributed by atoms with Gasteiger partial charge in [0.2, 0.25) is 11.8 Å². The number of carbonyl (C=O) groups excluding carboxylic acids is 2. The van der Waals surface area contributed by atoms with E-state index in [2.05, 4.69) is 12.2 Å². The second-order valence-corrected chi connectivity index (χ2v) is 6.77. The maximum atomic E-state index is 12.3. The Kier molecular flexibility index (Phi) is 5.65. The average molecular weight is 294 g/mol. The van der Waals surface area contributed by atoms with Crippen LogP contribution >= 0.6 is 0 Å². The molecule has 2 rings (SSSR count). The molecule has 1 saturated carbocycles. The van der Waals surface area contributed by atoms with Crippen molar-refractivity contribution >= 4 is 11.8 Å². The van der Waals surface area contributed by atoms with E-state index < -0.39 is 5.54 Å². The molecule has 4 nitrogen and oxygen atoms in total. The van der Waals surface area contributed by atoms with Crippen molar-refractivity contribution in [2.45, 2.75) is 77.2 Å². The number of piperazine rings is 1. The van der Waals surface area contributed by atoms with Crippen LogP contribution in [0.5, 0.6) is 0 Å². The first kappa shape index (κ1) is 16.3. The molecule has 1 atom stereocenters. The van der Waals surface area contributed by atoms with E-state index in [0.717, 1.165) is 32.2 Å². The largest absolute Gasteiger partial charge is 0.345 e. The van der Waals surface area contributed by atoms with Gasteiger partial charge in [0, 0.05) is 6.54 Å². The molecule has 0 radical (unpaired) electrons. The normalized spacial score (nSPS) is 26.1. The van der Waals surface area contributed by atoms with Gasteiger partial charge in [-0.15, -0.1) is 0 Å². The van der Waals surface area contributed by atoms with Gasteiger partial charge in [0.15, 0.2) is 0 Å². The van der Waals surface area contributed by atoms with E-state index in [1.807, 2.05) is 11.8 Å². The third-order valence-electron chi connectivity index (χ3n) is 5.08. The molecule has 1 saturated heterocycles. The summed E-state index contributed by atoms with van der Waals surface area (Å²) < 4.78 is 0. The van der Waals surface area contributed by atoms with Gasteiger partial charge in [0.1, 0.15) is 5.54 Å². The van der Waals surface area contributed by atoms with E-state index in [9.17, 15) is 9.59 Å². The standard InChI is InChI=1S/C17H30N2O2/c1-3-4-5-6-7-8-9-12-19-15(20)13-18-16(21)17(19,2)14-10-11-14/h14H,3-13H2,1-2H3,(H,18,21). The number of hydrogen-bond donors (Lipinski definition) is 1. The molecule has 0 aromatic heterocycles. The summed E-state index contributed by atoms with van der Waals surface area (Å²) in [6.45, 7) is 5.11. The number of amides is 2. The van der Waals surface area contributed by atoms with Gasteiger partial charge < -0.3 is 10.2 Å². The van der Waals surface area contributed by atoms with Gasteiger partial charge in [0.05, 0.1) is 6.54 Å². The number of nitrogens with one attached hydrogen (secondary N) is 1. The Morgan fingerprint density at radius 1 is 1.10 bits per heavy atom. The zero-order chi connectivity index (χ0) is 15.3. The average Bonchev–Trinajstić information content (AvgIpc) is 3.30. The third kappa shape index (κ3) is 3.78. The first-order valence-electron chi connectivity index (χ1n) is 8.69. The minimum Gasteiger partial charge on any atom is -0.345 e. The molecule has 120 valence electrons. The molecular formula is C17H30N2O2. The SMILES string of the molecule is CCCCCCCCCN1C(=O)CNC(=O)C1(C)C1CC1. The third-order valence-corrected chi connectivity index (χ3v) is 5.08. The first-order chi connectivity index (χ1) is 10.1. The van der Waals surface area contributed by atoms with Crippen molar-refractivity contribution in [3.63, 3.8) is 0 Å². The molecule has 0 spiro atoms. The second-order valence-electron chi connectivity index (χ2n) is 6.77. The smallest absolute Gasteiger partial charge is 0.246 e. The highest BCUT2D eigenvalue weighted by atomic mass is 16.2. The van der Waals surface area contributed by atoms with Gasteiger partial charge in [-0.25, -0.2) is 0 Å². The van der Waals surface area contributed by atoms with Crippen molar-refractivity contribution in [3.8, 4) is 0 Å². The summed E-state index contributed by atoms with van der Waals surface area (Å²) in [4.78, 5) is 26.3. The highest BCUT2D eigenvalue weighted by Gasteiger charge is 2.54. The van der Waals surface area contributed by atoms with Gasteiger partial charge >= 0.3 is 0 Å². The molecule has 4 heteroatoms. The van der Waals surface area contributed by atoms with Crippen LogP contribution in [0.4, 0.5) is 0 Å². The number of unbranched alkanes of at least 4 members (excludes halogenated alkanes) is 6. The Morgan fingerprint density at radius 2 is 1.71 bits per heavy atom. The van der Waals surface area contributed by atoms with Gasteiger partial charge in [-0.05, 0) is 32.1 Å². The summed E-state index contributed by atoms with van der Waals surface area (Å²) in [5.74, 6) is 0.508. The summed E-state index contributed by atoms with van der Waals surface area (Å²) in [7, 11) is 0. The quantitative estimate of drug-likeness (QED) is 0.665. The Hall–Kier alpha value is -1.06. The summed E-state index contributed by atoms with van der Waals surface area (Å²) in [5, 5.41) is 2.77. The second kappa shape index (κ2) is 7.28. The van der Waals surface area contributed by atoms with Crippen LogP contribution in [0.1, 0.15) is 71.6 Å². The van der Waals surface area contributed by atoms with Crippen LogP contribution in [0.15, 0.2) is 0 Å². The molecule has 1 N–H and O–H groups in total. The number of rotatable bonds is 9. The van der Waals surface area contributed by atoms with Crippen molar-refractivity contribution in [2.24, 2.45) is 5.92 Å². The van der Waals surface area contributed by atoms with E-state index in [0.29, 0.717) is 5.92 Å². The van der Waals surface area contributed by atoms with Crippen molar-refractivity contribution in [2.75, 3.05) is 13.1 Å². The fraction of sp³-hybridized carbons (Fsp3) is 0.882. The fourth-order valence-electron chi connectivity index (χ4n) is 3.45. The molecule has 1 aliphatic carbocycles. The highest BCUT2D eigenvalue weighted by Crippen LogP contribution is 2.44. The van der Waals surface area contributed by atoms with Crippen LogP contribution in [-0.4, -0.2) is 35.3 Å². The van der Waals surface area contributed by atoms with Crippen LogP contribution < -0.4 is 5.32 Å². The molecule has 0 aromatic carbocycles. The van der Waals surface area contributed by atoms with Crippen molar-refractivity contribution in [1.82, 2.24) is 10.2 Å². The van der Waals surface area contributed by atoms with E-state index in [-0.39, 0.29) is 18.4 Å². The Balaban J connectivity index is 1.79. The zero-order valence-electron chi connectivity index (χ0n) is 13.6. The van der Waals surface area contributed by atoms with Gasteiger partial charge in [0.25, 0.3) is 0 Å². The molecule has 21 heavy (non-hydrogen) atoms. The van der Waals surface area contributed by atoms with Crippen molar-refractivity contribution < 1.29 is 9.59 Å². The fourth-order valence-corrected chi connectivity index (χ4v) is 3.45. The summed E-state index contributed by atoms with van der Waals surface area (Å²) in [6, 6.07) is 0. The number of nitrogens with zero attached hydrogens (tertiary/aromatic N) is 1. The summed E-state index contributed by atoms with van der Waals surface area (Å²) >= 11 is 0. The molecule has 0 aromatic rings.